The summed E-state index contributed by atoms with van der Waals surface area (Å²) in [6.07, 6.45) is 4.62. The van der Waals surface area contributed by atoms with E-state index in [0.717, 1.165) is 34.7 Å². The Kier molecular flexibility index (Phi) is 4.72. The van der Waals surface area contributed by atoms with Gasteiger partial charge in [0.2, 0.25) is 0 Å². The van der Waals surface area contributed by atoms with E-state index in [1.165, 1.54) is 10.4 Å². The number of aromatic nitrogens is 2. The summed E-state index contributed by atoms with van der Waals surface area (Å²) in [4.78, 5) is 21.3. The molecule has 0 bridgehead atoms. The molecule has 1 aliphatic rings. The number of furan rings is 1. The smallest absolute Gasteiger partial charge is 0.290 e. The van der Waals surface area contributed by atoms with Gasteiger partial charge >= 0.3 is 0 Å². The minimum absolute atomic E-state index is 0.0269. The van der Waals surface area contributed by atoms with Crippen molar-refractivity contribution in [3.05, 3.63) is 69.9 Å². The van der Waals surface area contributed by atoms with E-state index in [4.69, 9.17) is 4.42 Å². The predicted molar refractivity (Wildman–Crippen MR) is 116 cm³/mol. The summed E-state index contributed by atoms with van der Waals surface area (Å²) in [6, 6.07) is 10.1. The molecule has 0 N–H and O–H groups in total. The Morgan fingerprint density at radius 1 is 1.34 bits per heavy atom. The molecule has 0 fully saturated rings. The predicted octanol–water partition coefficient (Wildman–Crippen LogP) is 5.28. The van der Waals surface area contributed by atoms with Gasteiger partial charge in [0.25, 0.3) is 5.91 Å². The van der Waals surface area contributed by atoms with Gasteiger partial charge in [0, 0.05) is 47.6 Å². The van der Waals surface area contributed by atoms with Crippen LogP contribution in [0.1, 0.15) is 39.5 Å². The van der Waals surface area contributed by atoms with Crippen LogP contribution in [0.15, 0.2) is 57.7 Å². The lowest BCUT2D eigenvalue weighted by Crippen LogP contribution is -2.38. The minimum Gasteiger partial charge on any atom is -0.451 e. The zero-order valence-corrected chi connectivity index (χ0v) is 17.9. The van der Waals surface area contributed by atoms with Gasteiger partial charge in [-0.05, 0) is 36.4 Å². The molecule has 0 aliphatic carbocycles. The van der Waals surface area contributed by atoms with Crippen molar-refractivity contribution >= 4 is 40.0 Å². The Morgan fingerprint density at radius 2 is 2.21 bits per heavy atom. The van der Waals surface area contributed by atoms with E-state index in [1.54, 1.807) is 29.3 Å². The molecule has 3 aromatic heterocycles. The highest BCUT2D eigenvalue weighted by molar-refractivity contribution is 7.98. The monoisotopic (exact) mass is 423 g/mol. The number of thioether (sulfide) groups is 1. The van der Waals surface area contributed by atoms with Gasteiger partial charge < -0.3 is 13.9 Å². The number of rotatable bonds is 4. The molecule has 4 heterocycles. The fraction of sp³-hybridized carbons (Fsp3) is 0.273. The fourth-order valence-corrected chi connectivity index (χ4v) is 5.88. The van der Waals surface area contributed by atoms with Crippen LogP contribution in [0, 0.1) is 0 Å². The average molecular weight is 424 g/mol. The van der Waals surface area contributed by atoms with E-state index < -0.39 is 0 Å². The highest BCUT2D eigenvalue weighted by atomic mass is 32.2. The summed E-state index contributed by atoms with van der Waals surface area (Å²) < 4.78 is 8.09. The molecule has 148 valence electrons. The Labute approximate surface area is 177 Å². The Bertz CT molecular complexity index is 1190. The zero-order chi connectivity index (χ0) is 20.0. The number of fused-ring (bicyclic) bond motifs is 2. The van der Waals surface area contributed by atoms with Crippen LogP contribution in [-0.4, -0.2) is 26.9 Å². The van der Waals surface area contributed by atoms with Crippen LogP contribution >= 0.6 is 23.1 Å². The fourth-order valence-electron chi connectivity index (χ4n) is 3.96. The van der Waals surface area contributed by atoms with Gasteiger partial charge in [0.1, 0.15) is 5.58 Å². The van der Waals surface area contributed by atoms with Crippen molar-refractivity contribution in [2.24, 2.45) is 7.05 Å². The Balaban J connectivity index is 1.51. The van der Waals surface area contributed by atoms with E-state index in [1.807, 2.05) is 47.0 Å². The molecule has 0 saturated heterocycles. The summed E-state index contributed by atoms with van der Waals surface area (Å²) in [5.74, 6) is 1.06. The third-order valence-electron chi connectivity index (χ3n) is 5.55. The van der Waals surface area contributed by atoms with E-state index in [-0.39, 0.29) is 11.9 Å². The van der Waals surface area contributed by atoms with E-state index in [0.29, 0.717) is 11.5 Å². The molecule has 1 aliphatic heterocycles. The van der Waals surface area contributed by atoms with Crippen LogP contribution in [0.2, 0.25) is 0 Å². The molecule has 1 atom stereocenters. The first-order valence-electron chi connectivity index (χ1n) is 9.61. The second-order valence-electron chi connectivity index (χ2n) is 7.24. The first-order chi connectivity index (χ1) is 14.1. The topological polar surface area (TPSA) is 51.3 Å². The number of thiophene rings is 1. The largest absolute Gasteiger partial charge is 0.451 e. The molecular weight excluding hydrogens is 402 g/mol. The number of amides is 1. The number of carbonyl (C=O) groups is 1. The van der Waals surface area contributed by atoms with Gasteiger partial charge in [-0.1, -0.05) is 30.0 Å². The number of para-hydroxylation sites is 1. The highest BCUT2D eigenvalue weighted by Gasteiger charge is 2.32. The van der Waals surface area contributed by atoms with Crippen LogP contribution in [0.3, 0.4) is 0 Å². The Morgan fingerprint density at radius 3 is 3.03 bits per heavy atom. The molecule has 0 saturated carbocycles. The third kappa shape index (κ3) is 3.18. The SMILES string of the molecule is C[C@H]1c2ccsc2CCN1C(=O)c1oc2ccccc2c1CSc1nccn1C. The van der Waals surface area contributed by atoms with Crippen molar-refractivity contribution in [3.8, 4) is 0 Å². The second kappa shape index (κ2) is 7.39. The van der Waals surface area contributed by atoms with Crippen molar-refractivity contribution in [2.45, 2.75) is 30.3 Å². The molecule has 5 rings (SSSR count). The summed E-state index contributed by atoms with van der Waals surface area (Å²) in [7, 11) is 1.97. The summed E-state index contributed by atoms with van der Waals surface area (Å²) in [5, 5.41) is 4.03. The van der Waals surface area contributed by atoms with Gasteiger partial charge in [-0.2, -0.15) is 0 Å². The zero-order valence-electron chi connectivity index (χ0n) is 16.3. The van der Waals surface area contributed by atoms with E-state index in [9.17, 15) is 4.79 Å². The van der Waals surface area contributed by atoms with Gasteiger partial charge in [-0.15, -0.1) is 11.3 Å². The molecule has 0 spiro atoms. The van der Waals surface area contributed by atoms with Crippen LogP contribution in [0.5, 0.6) is 0 Å². The summed E-state index contributed by atoms with van der Waals surface area (Å²) >= 11 is 3.40. The minimum atomic E-state index is -0.0269. The number of hydrogen-bond donors (Lipinski definition) is 0. The van der Waals surface area contributed by atoms with Gasteiger partial charge in [0.05, 0.1) is 6.04 Å². The van der Waals surface area contributed by atoms with Crippen molar-refractivity contribution in [1.29, 1.82) is 0 Å². The molecule has 1 amide bonds. The third-order valence-corrected chi connectivity index (χ3v) is 7.63. The lowest BCUT2D eigenvalue weighted by Gasteiger charge is -2.33. The first kappa shape index (κ1) is 18.5. The molecule has 0 radical (unpaired) electrons. The lowest BCUT2D eigenvalue weighted by molar-refractivity contribution is 0.0648. The van der Waals surface area contributed by atoms with E-state index in [2.05, 4.69) is 23.4 Å². The number of imidazole rings is 1. The normalized spacial score (nSPS) is 16.3. The number of aryl methyl sites for hydroxylation is 1. The van der Waals surface area contributed by atoms with Crippen LogP contribution in [0.4, 0.5) is 0 Å². The lowest BCUT2D eigenvalue weighted by atomic mass is 10.0. The molecule has 29 heavy (non-hydrogen) atoms. The van der Waals surface area contributed by atoms with Gasteiger partial charge in [-0.3, -0.25) is 4.79 Å². The van der Waals surface area contributed by atoms with Crippen molar-refractivity contribution < 1.29 is 9.21 Å². The van der Waals surface area contributed by atoms with Crippen molar-refractivity contribution in [2.75, 3.05) is 6.54 Å². The summed E-state index contributed by atoms with van der Waals surface area (Å²) in [5.41, 5.74) is 2.96. The van der Waals surface area contributed by atoms with Crippen LogP contribution in [0.25, 0.3) is 11.0 Å². The van der Waals surface area contributed by atoms with Crippen LogP contribution < -0.4 is 0 Å². The van der Waals surface area contributed by atoms with Gasteiger partial charge in [0.15, 0.2) is 10.9 Å². The molecule has 7 heteroatoms. The maximum absolute atomic E-state index is 13.6. The number of nitrogens with zero attached hydrogens (tertiary/aromatic N) is 3. The van der Waals surface area contributed by atoms with Crippen molar-refractivity contribution in [1.82, 2.24) is 14.5 Å². The van der Waals surface area contributed by atoms with Gasteiger partial charge in [-0.25, -0.2) is 4.98 Å². The number of benzene rings is 1. The Hall–Kier alpha value is -2.51. The van der Waals surface area contributed by atoms with Crippen LogP contribution in [-0.2, 0) is 19.2 Å². The first-order valence-corrected chi connectivity index (χ1v) is 11.5. The average Bonchev–Trinajstić information content (AvgIpc) is 3.44. The number of carbonyl (C=O) groups excluding carboxylic acids is 1. The standard InChI is InChI=1S/C22H21N3O2S2/c1-14-15-8-12-28-19(15)7-10-25(14)21(26)20-17(13-29-22-23-9-11-24(22)2)16-5-3-4-6-18(16)27-20/h3-6,8-9,11-12,14H,7,10,13H2,1-2H3/t14-/m0/s1. The molecule has 0 unspecified atom stereocenters. The summed E-state index contributed by atoms with van der Waals surface area (Å²) in [6.45, 7) is 2.82. The molecular formula is C22H21N3O2S2. The number of hydrogen-bond acceptors (Lipinski definition) is 5. The van der Waals surface area contributed by atoms with Crippen molar-refractivity contribution in [3.63, 3.8) is 0 Å². The second-order valence-corrected chi connectivity index (χ2v) is 9.18. The highest BCUT2D eigenvalue weighted by Crippen LogP contribution is 2.37. The molecule has 4 aromatic rings. The molecule has 5 nitrogen and oxygen atoms in total. The molecule has 1 aromatic carbocycles. The van der Waals surface area contributed by atoms with E-state index >= 15 is 0 Å². The maximum atomic E-state index is 13.6. The maximum Gasteiger partial charge on any atom is 0.290 e. The quantitative estimate of drug-likeness (QED) is 0.419.